The van der Waals surface area contributed by atoms with E-state index < -0.39 is 5.41 Å². The molecule has 132 valence electrons. The van der Waals surface area contributed by atoms with Gasteiger partial charge in [0.05, 0.1) is 5.41 Å². The third kappa shape index (κ3) is 4.04. The normalized spacial score (nSPS) is 20.4. The highest BCUT2D eigenvalue weighted by atomic mass is 16.2. The zero-order chi connectivity index (χ0) is 17.7. The number of hydrogen-bond acceptors (Lipinski definition) is 4. The molecule has 2 N–H and O–H groups in total. The van der Waals surface area contributed by atoms with Gasteiger partial charge >= 0.3 is 0 Å². The van der Waals surface area contributed by atoms with E-state index in [4.69, 9.17) is 0 Å². The zero-order valence-corrected chi connectivity index (χ0v) is 15.0. The molecule has 1 atom stereocenters. The number of nitrogens with one attached hydrogen (secondary N) is 2. The number of carbonyl (C=O) groups excluding carboxylic acids is 1. The van der Waals surface area contributed by atoms with Crippen molar-refractivity contribution < 1.29 is 4.79 Å². The first-order valence-electron chi connectivity index (χ1n) is 8.96. The van der Waals surface area contributed by atoms with E-state index in [1.807, 2.05) is 38.4 Å². The van der Waals surface area contributed by atoms with E-state index in [1.165, 1.54) is 11.9 Å². The van der Waals surface area contributed by atoms with Gasteiger partial charge in [0, 0.05) is 30.5 Å². The van der Waals surface area contributed by atoms with Crippen LogP contribution in [0.1, 0.15) is 32.3 Å². The summed E-state index contributed by atoms with van der Waals surface area (Å²) in [5.41, 5.74) is 2.85. The largest absolute Gasteiger partial charge is 0.353 e. The summed E-state index contributed by atoms with van der Waals surface area (Å²) in [5.74, 6) is 0.147. The van der Waals surface area contributed by atoms with Crippen LogP contribution < -0.4 is 10.6 Å². The van der Waals surface area contributed by atoms with Crippen molar-refractivity contribution in [1.82, 2.24) is 20.6 Å². The molecule has 1 aromatic carbocycles. The number of hydrogen-bond donors (Lipinski definition) is 2. The number of rotatable bonds is 5. The van der Waals surface area contributed by atoms with Crippen molar-refractivity contribution in [2.75, 3.05) is 13.1 Å². The minimum atomic E-state index is -0.408. The second-order valence-corrected chi connectivity index (χ2v) is 7.15. The van der Waals surface area contributed by atoms with E-state index in [2.05, 4.69) is 32.7 Å². The fourth-order valence-electron chi connectivity index (χ4n) is 3.57. The summed E-state index contributed by atoms with van der Waals surface area (Å²) in [5, 5.41) is 6.55. The summed E-state index contributed by atoms with van der Waals surface area (Å²) in [6, 6.07) is 8.39. The van der Waals surface area contributed by atoms with Crippen molar-refractivity contribution in [3.05, 3.63) is 48.5 Å². The van der Waals surface area contributed by atoms with Crippen LogP contribution in [-0.4, -0.2) is 35.0 Å². The molecule has 0 radical (unpaired) electrons. The molecule has 1 amide bonds. The van der Waals surface area contributed by atoms with E-state index in [-0.39, 0.29) is 11.9 Å². The van der Waals surface area contributed by atoms with Crippen molar-refractivity contribution in [3.63, 3.8) is 0 Å². The Kier molecular flexibility index (Phi) is 5.43. The number of carbonyl (C=O) groups is 1. The van der Waals surface area contributed by atoms with E-state index >= 15 is 0 Å². The first-order chi connectivity index (χ1) is 12.1. The summed E-state index contributed by atoms with van der Waals surface area (Å²) >= 11 is 0. The lowest BCUT2D eigenvalue weighted by Gasteiger charge is -2.37. The monoisotopic (exact) mass is 338 g/mol. The Morgan fingerprint density at radius 2 is 2.04 bits per heavy atom. The number of benzene rings is 1. The summed E-state index contributed by atoms with van der Waals surface area (Å²) in [7, 11) is 0. The standard InChI is InChI=1S/C20H26N4O/c1-15(2)24-19(25)20(8-5-9-21-13-20)10-16-6-3-4-7-18(16)17-11-22-14-23-12-17/h3-4,6-7,11-12,14-15,21H,5,8-10,13H2,1-2H3,(H,24,25)/t20-/m1/s1. The summed E-state index contributed by atoms with van der Waals surface area (Å²) in [4.78, 5) is 21.3. The fraction of sp³-hybridized carbons (Fsp3) is 0.450. The number of aromatic nitrogens is 2. The molecule has 5 heteroatoms. The van der Waals surface area contributed by atoms with Crippen LogP contribution in [0.25, 0.3) is 11.1 Å². The van der Waals surface area contributed by atoms with Crippen molar-refractivity contribution in [1.29, 1.82) is 0 Å². The van der Waals surface area contributed by atoms with Gasteiger partial charge in [-0.1, -0.05) is 24.3 Å². The topological polar surface area (TPSA) is 66.9 Å². The van der Waals surface area contributed by atoms with Crippen molar-refractivity contribution in [2.24, 2.45) is 5.41 Å². The molecule has 2 heterocycles. The maximum atomic E-state index is 13.0. The van der Waals surface area contributed by atoms with Gasteiger partial charge < -0.3 is 10.6 Å². The van der Waals surface area contributed by atoms with Gasteiger partial charge in [-0.2, -0.15) is 0 Å². The molecule has 1 aliphatic rings. The Balaban J connectivity index is 1.94. The quantitative estimate of drug-likeness (QED) is 0.879. The zero-order valence-electron chi connectivity index (χ0n) is 15.0. The minimum Gasteiger partial charge on any atom is -0.353 e. The molecule has 0 bridgehead atoms. The van der Waals surface area contributed by atoms with Gasteiger partial charge in [0.1, 0.15) is 6.33 Å². The molecule has 3 rings (SSSR count). The van der Waals surface area contributed by atoms with E-state index in [0.29, 0.717) is 13.0 Å². The molecule has 5 nitrogen and oxygen atoms in total. The predicted molar refractivity (Wildman–Crippen MR) is 99.0 cm³/mol. The van der Waals surface area contributed by atoms with Crippen LogP contribution in [0.3, 0.4) is 0 Å². The van der Waals surface area contributed by atoms with Crippen LogP contribution in [0, 0.1) is 5.41 Å². The highest BCUT2D eigenvalue weighted by molar-refractivity contribution is 5.84. The van der Waals surface area contributed by atoms with Crippen molar-refractivity contribution in [2.45, 2.75) is 39.2 Å². The van der Waals surface area contributed by atoms with Crippen molar-refractivity contribution in [3.8, 4) is 11.1 Å². The second-order valence-electron chi connectivity index (χ2n) is 7.15. The molecule has 25 heavy (non-hydrogen) atoms. The maximum Gasteiger partial charge on any atom is 0.228 e. The number of amides is 1. The highest BCUT2D eigenvalue weighted by Crippen LogP contribution is 2.34. The fourth-order valence-corrected chi connectivity index (χ4v) is 3.57. The highest BCUT2D eigenvalue weighted by Gasteiger charge is 2.40. The third-order valence-electron chi connectivity index (χ3n) is 4.79. The average molecular weight is 338 g/mol. The van der Waals surface area contributed by atoms with Crippen LogP contribution in [0.4, 0.5) is 0 Å². The molecule has 0 saturated carbocycles. The van der Waals surface area contributed by atoms with Gasteiger partial charge in [0.25, 0.3) is 0 Å². The Hall–Kier alpha value is -2.27. The van der Waals surface area contributed by atoms with Crippen LogP contribution in [-0.2, 0) is 11.2 Å². The lowest BCUT2D eigenvalue weighted by Crippen LogP contribution is -2.53. The average Bonchev–Trinajstić information content (AvgIpc) is 2.63. The Morgan fingerprint density at radius 3 is 2.72 bits per heavy atom. The molecule has 1 saturated heterocycles. The smallest absolute Gasteiger partial charge is 0.228 e. The van der Waals surface area contributed by atoms with Crippen molar-refractivity contribution >= 4 is 5.91 Å². The minimum absolute atomic E-state index is 0.143. The SMILES string of the molecule is CC(C)NC(=O)[C@@]1(Cc2ccccc2-c2cncnc2)CCCNC1. The molecule has 1 fully saturated rings. The molecular formula is C20H26N4O. The van der Waals surface area contributed by atoms with Crippen LogP contribution in [0.2, 0.25) is 0 Å². The molecule has 0 unspecified atom stereocenters. The molecule has 0 spiro atoms. The van der Waals surface area contributed by atoms with Gasteiger partial charge in [0.2, 0.25) is 5.91 Å². The van der Waals surface area contributed by atoms with Gasteiger partial charge in [0.15, 0.2) is 0 Å². The van der Waals surface area contributed by atoms with Gasteiger partial charge in [-0.15, -0.1) is 0 Å². The third-order valence-corrected chi connectivity index (χ3v) is 4.79. The Bertz CT molecular complexity index is 709. The van der Waals surface area contributed by atoms with E-state index in [0.717, 1.165) is 30.5 Å². The van der Waals surface area contributed by atoms with Crippen LogP contribution in [0.5, 0.6) is 0 Å². The van der Waals surface area contributed by atoms with E-state index in [1.54, 1.807) is 0 Å². The predicted octanol–water partition coefficient (Wildman–Crippen LogP) is 2.58. The van der Waals surface area contributed by atoms with Gasteiger partial charge in [-0.05, 0) is 50.8 Å². The summed E-state index contributed by atoms with van der Waals surface area (Å²) < 4.78 is 0. The molecule has 1 aromatic heterocycles. The molecule has 1 aliphatic heterocycles. The second kappa shape index (κ2) is 7.74. The summed E-state index contributed by atoms with van der Waals surface area (Å²) in [6.07, 6.45) is 7.82. The first-order valence-corrected chi connectivity index (χ1v) is 8.96. The maximum absolute atomic E-state index is 13.0. The molecule has 0 aliphatic carbocycles. The van der Waals surface area contributed by atoms with E-state index in [9.17, 15) is 4.79 Å². The lowest BCUT2D eigenvalue weighted by molar-refractivity contribution is -0.132. The lowest BCUT2D eigenvalue weighted by atomic mass is 9.73. The first kappa shape index (κ1) is 17.5. The Labute approximate surface area is 149 Å². The Morgan fingerprint density at radius 1 is 1.28 bits per heavy atom. The van der Waals surface area contributed by atoms with Gasteiger partial charge in [-0.3, -0.25) is 4.79 Å². The molecule has 2 aromatic rings. The van der Waals surface area contributed by atoms with Crippen LogP contribution >= 0.6 is 0 Å². The van der Waals surface area contributed by atoms with Gasteiger partial charge in [-0.25, -0.2) is 9.97 Å². The molecular weight excluding hydrogens is 312 g/mol. The number of piperidine rings is 1. The number of nitrogens with zero attached hydrogens (tertiary/aromatic N) is 2. The van der Waals surface area contributed by atoms with Crippen LogP contribution in [0.15, 0.2) is 43.0 Å². The summed E-state index contributed by atoms with van der Waals surface area (Å²) in [6.45, 7) is 5.71.